The van der Waals surface area contributed by atoms with Crippen LogP contribution < -0.4 is 0 Å². The molecular formula is C24H15Cl5N2O2. The van der Waals surface area contributed by atoms with Gasteiger partial charge < -0.3 is 5.11 Å². The molecule has 1 aromatic heterocycles. The second-order valence-electron chi connectivity index (χ2n) is 7.31. The highest BCUT2D eigenvalue weighted by Crippen LogP contribution is 2.34. The minimum Gasteiger partial charge on any atom is -0.481 e. The van der Waals surface area contributed by atoms with Crippen molar-refractivity contribution in [3.05, 3.63) is 103 Å². The van der Waals surface area contributed by atoms with Crippen molar-refractivity contribution in [3.8, 4) is 16.9 Å². The van der Waals surface area contributed by atoms with E-state index in [0.717, 1.165) is 5.56 Å². The van der Waals surface area contributed by atoms with Crippen molar-refractivity contribution in [1.82, 2.24) is 9.78 Å². The summed E-state index contributed by atoms with van der Waals surface area (Å²) in [6.45, 7) is 0. The molecule has 0 aliphatic rings. The third-order valence-electron chi connectivity index (χ3n) is 5.07. The van der Waals surface area contributed by atoms with Crippen molar-refractivity contribution in [2.75, 3.05) is 0 Å². The first-order chi connectivity index (χ1) is 15.7. The quantitative estimate of drug-likeness (QED) is 0.268. The number of carboxylic acid groups (broad SMARTS) is 1. The van der Waals surface area contributed by atoms with Gasteiger partial charge in [0.1, 0.15) is 0 Å². The average molecular weight is 541 g/mol. The van der Waals surface area contributed by atoms with E-state index >= 15 is 0 Å². The number of hydrogen-bond acceptors (Lipinski definition) is 2. The first kappa shape index (κ1) is 23.9. The Morgan fingerprint density at radius 2 is 1.58 bits per heavy atom. The van der Waals surface area contributed by atoms with Crippen LogP contribution in [0.5, 0.6) is 0 Å². The van der Waals surface area contributed by atoms with Gasteiger partial charge in [-0.1, -0.05) is 76.2 Å². The van der Waals surface area contributed by atoms with Gasteiger partial charge in [-0.05, 0) is 54.1 Å². The first-order valence-electron chi connectivity index (χ1n) is 9.71. The fourth-order valence-corrected chi connectivity index (χ4v) is 4.36. The summed E-state index contributed by atoms with van der Waals surface area (Å²) in [5.74, 6) is -1.83. The van der Waals surface area contributed by atoms with Crippen LogP contribution >= 0.6 is 58.0 Å². The molecule has 168 valence electrons. The van der Waals surface area contributed by atoms with Crippen LogP contribution in [0.3, 0.4) is 0 Å². The molecule has 0 spiro atoms. The first-order valence-corrected chi connectivity index (χ1v) is 11.6. The maximum atomic E-state index is 12.1. The molecule has 1 unspecified atom stereocenters. The molecular weight excluding hydrogens is 526 g/mol. The maximum absolute atomic E-state index is 12.1. The number of hydrogen-bond donors (Lipinski definition) is 1. The van der Waals surface area contributed by atoms with Crippen LogP contribution in [0.1, 0.15) is 17.2 Å². The van der Waals surface area contributed by atoms with Gasteiger partial charge in [-0.2, -0.15) is 5.10 Å². The van der Waals surface area contributed by atoms with Gasteiger partial charge in [0.05, 0.1) is 38.1 Å². The number of aliphatic carboxylic acids is 1. The zero-order valence-electron chi connectivity index (χ0n) is 16.8. The SMILES string of the molecule is O=C(O)C(Cc1cc(-c2ccc(Cl)c(Cl)c2)n(-c2cc(Cl)ccc2Cl)n1)c1cccc(Cl)c1. The summed E-state index contributed by atoms with van der Waals surface area (Å²) >= 11 is 31.1. The van der Waals surface area contributed by atoms with Crippen molar-refractivity contribution in [1.29, 1.82) is 0 Å². The van der Waals surface area contributed by atoms with Crippen LogP contribution in [0, 0.1) is 0 Å². The number of carbonyl (C=O) groups is 1. The van der Waals surface area contributed by atoms with E-state index < -0.39 is 11.9 Å². The van der Waals surface area contributed by atoms with Crippen molar-refractivity contribution in [2.45, 2.75) is 12.3 Å². The van der Waals surface area contributed by atoms with Gasteiger partial charge in [-0.25, -0.2) is 4.68 Å². The maximum Gasteiger partial charge on any atom is 0.311 e. The van der Waals surface area contributed by atoms with Gasteiger partial charge in [-0.15, -0.1) is 0 Å². The molecule has 4 aromatic rings. The van der Waals surface area contributed by atoms with Crippen LogP contribution in [0.25, 0.3) is 16.9 Å². The van der Waals surface area contributed by atoms with Crippen LogP contribution in [-0.4, -0.2) is 20.9 Å². The van der Waals surface area contributed by atoms with Crippen molar-refractivity contribution in [3.63, 3.8) is 0 Å². The molecule has 33 heavy (non-hydrogen) atoms. The van der Waals surface area contributed by atoms with Gasteiger partial charge in [0.25, 0.3) is 0 Å². The molecule has 0 aliphatic heterocycles. The molecule has 0 saturated carbocycles. The molecule has 0 bridgehead atoms. The molecule has 1 heterocycles. The number of carboxylic acids is 1. The molecule has 0 saturated heterocycles. The van der Waals surface area contributed by atoms with Gasteiger partial charge in [0.2, 0.25) is 0 Å². The van der Waals surface area contributed by atoms with Crippen LogP contribution in [0.2, 0.25) is 25.1 Å². The topological polar surface area (TPSA) is 55.1 Å². The molecule has 1 atom stereocenters. The molecule has 9 heteroatoms. The van der Waals surface area contributed by atoms with Gasteiger partial charge in [0.15, 0.2) is 0 Å². The molecule has 0 amide bonds. The highest BCUT2D eigenvalue weighted by atomic mass is 35.5. The number of benzene rings is 3. The third kappa shape index (κ3) is 5.32. The average Bonchev–Trinajstić information content (AvgIpc) is 3.19. The molecule has 0 fully saturated rings. The van der Waals surface area contributed by atoms with Gasteiger partial charge >= 0.3 is 5.97 Å². The Balaban J connectivity index is 1.84. The summed E-state index contributed by atoms with van der Waals surface area (Å²) in [5, 5.41) is 16.7. The van der Waals surface area contributed by atoms with Crippen molar-refractivity contribution in [2.24, 2.45) is 0 Å². The van der Waals surface area contributed by atoms with E-state index in [0.29, 0.717) is 47.8 Å². The van der Waals surface area contributed by atoms with Gasteiger partial charge in [-0.3, -0.25) is 4.79 Å². The van der Waals surface area contributed by atoms with E-state index in [-0.39, 0.29) is 6.42 Å². The molecule has 0 aliphatic carbocycles. The highest BCUT2D eigenvalue weighted by Gasteiger charge is 2.24. The summed E-state index contributed by atoms with van der Waals surface area (Å²) in [7, 11) is 0. The lowest BCUT2D eigenvalue weighted by Gasteiger charge is -2.12. The predicted octanol–water partition coefficient (Wildman–Crippen LogP) is 8.22. The standard InChI is InChI=1S/C24H15Cl5N2O2/c25-15-3-1-2-13(8-15)18(24(32)33)11-17-12-22(14-4-6-19(27)21(29)9-14)31(30-17)23-10-16(26)5-7-20(23)28/h1-10,12,18H,11H2,(H,32,33). The Morgan fingerprint density at radius 1 is 0.848 bits per heavy atom. The molecule has 4 nitrogen and oxygen atoms in total. The summed E-state index contributed by atoms with van der Waals surface area (Å²) in [6.07, 6.45) is 0.134. The summed E-state index contributed by atoms with van der Waals surface area (Å²) in [6, 6.07) is 18.8. The molecule has 0 radical (unpaired) electrons. The van der Waals surface area contributed by atoms with Gasteiger partial charge in [0, 0.05) is 22.0 Å². The molecule has 4 rings (SSSR count). The van der Waals surface area contributed by atoms with E-state index in [1.165, 1.54) is 0 Å². The summed E-state index contributed by atoms with van der Waals surface area (Å²) in [4.78, 5) is 12.1. The lowest BCUT2D eigenvalue weighted by molar-refractivity contribution is -0.138. The number of aromatic nitrogens is 2. The van der Waals surface area contributed by atoms with E-state index in [9.17, 15) is 9.90 Å². The second-order valence-corrected chi connectivity index (χ2v) is 9.40. The van der Waals surface area contributed by atoms with E-state index in [1.807, 2.05) is 0 Å². The Kier molecular flexibility index (Phi) is 7.22. The lowest BCUT2D eigenvalue weighted by atomic mass is 9.94. The minimum absolute atomic E-state index is 0.134. The Hall–Kier alpha value is -2.21. The Labute approximate surface area is 215 Å². The minimum atomic E-state index is -0.983. The number of rotatable bonds is 6. The van der Waals surface area contributed by atoms with Crippen molar-refractivity contribution < 1.29 is 9.90 Å². The fourth-order valence-electron chi connectivity index (χ4n) is 3.50. The zero-order chi connectivity index (χ0) is 23.7. The van der Waals surface area contributed by atoms with Crippen LogP contribution in [0.4, 0.5) is 0 Å². The highest BCUT2D eigenvalue weighted by molar-refractivity contribution is 6.42. The third-order valence-corrected chi connectivity index (χ3v) is 6.60. The fraction of sp³-hybridized carbons (Fsp3) is 0.0833. The Bertz CT molecular complexity index is 1350. The predicted molar refractivity (Wildman–Crippen MR) is 135 cm³/mol. The van der Waals surface area contributed by atoms with Crippen LogP contribution in [-0.2, 0) is 11.2 Å². The molecule has 1 N–H and O–H groups in total. The van der Waals surface area contributed by atoms with Crippen molar-refractivity contribution >= 4 is 64.0 Å². The smallest absolute Gasteiger partial charge is 0.311 e. The monoisotopic (exact) mass is 538 g/mol. The summed E-state index contributed by atoms with van der Waals surface area (Å²) in [5.41, 5.74) is 3.06. The summed E-state index contributed by atoms with van der Waals surface area (Å²) < 4.78 is 1.62. The van der Waals surface area contributed by atoms with E-state index in [2.05, 4.69) is 5.10 Å². The number of halogens is 5. The zero-order valence-corrected chi connectivity index (χ0v) is 20.6. The van der Waals surface area contributed by atoms with Crippen LogP contribution in [0.15, 0.2) is 66.7 Å². The lowest BCUT2D eigenvalue weighted by Crippen LogP contribution is -2.15. The van der Waals surface area contributed by atoms with E-state index in [1.54, 1.807) is 71.4 Å². The Morgan fingerprint density at radius 3 is 2.27 bits per heavy atom. The molecule has 3 aromatic carbocycles. The second kappa shape index (κ2) is 9.96. The van der Waals surface area contributed by atoms with E-state index in [4.69, 9.17) is 58.0 Å². The normalized spacial score (nSPS) is 12.0. The number of nitrogens with zero attached hydrogens (tertiary/aromatic N) is 2. The largest absolute Gasteiger partial charge is 0.481 e.